The molecule has 0 saturated heterocycles. The van der Waals surface area contributed by atoms with Crippen molar-refractivity contribution in [3.8, 4) is 61.8 Å². The van der Waals surface area contributed by atoms with E-state index in [0.717, 1.165) is 50.6 Å². The highest BCUT2D eigenvalue weighted by Crippen LogP contribution is 2.54. The van der Waals surface area contributed by atoms with Gasteiger partial charge in [0.05, 0.1) is 33.6 Å². The van der Waals surface area contributed by atoms with Gasteiger partial charge in [0.15, 0.2) is 0 Å². The minimum atomic E-state index is -2.71. The number of pyridine rings is 1. The summed E-state index contributed by atoms with van der Waals surface area (Å²) in [5.74, 6) is 0.970. The summed E-state index contributed by atoms with van der Waals surface area (Å²) in [6, 6.07) is 59.0. The molecule has 0 amide bonds. The number of aryl methyl sites for hydroxylation is 2. The maximum atomic E-state index is 9.25. The number of hydrogen-bond acceptors (Lipinski definition) is 4. The molecule has 12 rings (SSSR count). The third kappa shape index (κ3) is 9.56. The van der Waals surface area contributed by atoms with Crippen LogP contribution in [0.25, 0.3) is 72.1 Å². The van der Waals surface area contributed by atoms with E-state index in [1.165, 1.54) is 46.6 Å². The normalized spacial score (nSPS) is 15.1. The van der Waals surface area contributed by atoms with Crippen molar-refractivity contribution in [1.82, 2.24) is 9.55 Å². The number of benzene rings is 9. The van der Waals surface area contributed by atoms with Crippen molar-refractivity contribution < 1.29 is 18.4 Å². The number of aromatic nitrogens is 2. The molecule has 2 aromatic heterocycles. The standard InChI is InChI=1S/C74H70N4O/c1-48-23-21-26-52(39-48)63-46-75-70(40-49(63)2)78-66-32-18-16-30-59(66)60-38-36-56(45-69(60)78)79-55-28-22-27-54(44-55)76-47-77(68-34-20-19-33-67(68)76)71-61(57-29-15-17-31-64(57)73(6,7)8)42-53(72(3,4)5)43-62(71)58-37-35-51(41-65(58)74(9,10)11)50-24-13-12-14-25-50/h12-46H,47H2,1-11H3/i1D3,2D3,16D,18D,30D,32D. The maximum absolute atomic E-state index is 9.25. The molecule has 11 aromatic rings. The molecule has 79 heavy (non-hydrogen) atoms. The predicted molar refractivity (Wildman–Crippen MR) is 334 cm³/mol. The molecule has 0 fully saturated rings. The Hall–Kier alpha value is -8.67. The Labute approximate surface area is 481 Å². The molecule has 1 aliphatic heterocycles. The third-order valence-corrected chi connectivity index (χ3v) is 15.3. The lowest BCUT2D eigenvalue weighted by Gasteiger charge is -2.33. The lowest BCUT2D eigenvalue weighted by atomic mass is 9.76. The molecule has 0 saturated carbocycles. The maximum Gasteiger partial charge on any atom is 0.137 e. The number of para-hydroxylation sites is 3. The van der Waals surface area contributed by atoms with Crippen LogP contribution in [-0.4, -0.2) is 16.2 Å². The van der Waals surface area contributed by atoms with Gasteiger partial charge in [-0.25, -0.2) is 4.98 Å². The molecule has 0 bridgehead atoms. The number of nitrogens with zero attached hydrogens (tertiary/aromatic N) is 4. The summed E-state index contributed by atoms with van der Waals surface area (Å²) in [7, 11) is 0. The average molecular weight is 1040 g/mol. The van der Waals surface area contributed by atoms with Crippen molar-refractivity contribution in [2.45, 2.75) is 92.3 Å². The SMILES string of the molecule is [2H]c1c([2H])c([2H])c2c(c1[2H])c1ccc(Oc3cccc(N4CN(c5c(-c6ccccc6C(C)(C)C)cc(C(C)(C)C)cc5-c5ccc(-c6ccccc6)cc5C(C)(C)C)c5ccccc54)c3)cc1n2-c1cc(C([2H])([2H])[2H])c(-c2cccc(C([2H])([2H])[2H])c2)cn1. The van der Waals surface area contributed by atoms with Crippen molar-refractivity contribution in [2.24, 2.45) is 0 Å². The Bertz CT molecular complexity index is 4600. The first kappa shape index (κ1) is 40.5. The van der Waals surface area contributed by atoms with Gasteiger partial charge in [0.1, 0.15) is 24.0 Å². The summed E-state index contributed by atoms with van der Waals surface area (Å²) in [5.41, 5.74) is 15.0. The Morgan fingerprint density at radius 3 is 1.91 bits per heavy atom. The number of anilines is 4. The lowest BCUT2D eigenvalue weighted by molar-refractivity contribution is 0.483. The first-order chi connectivity index (χ1) is 42.0. The van der Waals surface area contributed by atoms with Crippen LogP contribution in [-0.2, 0) is 16.2 Å². The fourth-order valence-corrected chi connectivity index (χ4v) is 11.3. The van der Waals surface area contributed by atoms with Gasteiger partial charge in [-0.1, -0.05) is 201 Å². The van der Waals surface area contributed by atoms with Crippen molar-refractivity contribution in [2.75, 3.05) is 16.5 Å². The zero-order valence-corrected chi connectivity index (χ0v) is 46.3. The fourth-order valence-electron chi connectivity index (χ4n) is 11.3. The van der Waals surface area contributed by atoms with Gasteiger partial charge in [0.25, 0.3) is 0 Å². The van der Waals surface area contributed by atoms with Crippen molar-refractivity contribution >= 4 is 44.6 Å². The van der Waals surface area contributed by atoms with E-state index in [4.69, 9.17) is 22.1 Å². The Kier molecular flexibility index (Phi) is 10.1. The summed E-state index contributed by atoms with van der Waals surface area (Å²) < 4.78 is 94.5. The summed E-state index contributed by atoms with van der Waals surface area (Å²) in [5, 5.41) is 0.693. The molecule has 9 aromatic carbocycles. The minimum Gasteiger partial charge on any atom is -0.457 e. The molecule has 0 atom stereocenters. The number of ether oxygens (including phenoxy) is 1. The minimum absolute atomic E-state index is 0.0403. The molecule has 5 heteroatoms. The van der Waals surface area contributed by atoms with E-state index >= 15 is 0 Å². The van der Waals surface area contributed by atoms with E-state index in [2.05, 4.69) is 187 Å². The van der Waals surface area contributed by atoms with E-state index in [-0.39, 0.29) is 61.7 Å². The quantitative estimate of drug-likeness (QED) is 0.144. The van der Waals surface area contributed by atoms with Gasteiger partial charge in [-0.3, -0.25) is 4.57 Å². The Morgan fingerprint density at radius 1 is 0.481 bits per heavy atom. The molecule has 392 valence electrons. The highest BCUT2D eigenvalue weighted by Gasteiger charge is 2.35. The molecule has 0 aliphatic carbocycles. The highest BCUT2D eigenvalue weighted by atomic mass is 16.5. The smallest absolute Gasteiger partial charge is 0.137 e. The molecule has 3 heterocycles. The average Bonchev–Trinajstić information content (AvgIpc) is 1.64. The fraction of sp³-hybridized carbons (Fsp3) is 0.203. The Morgan fingerprint density at radius 2 is 1.16 bits per heavy atom. The van der Waals surface area contributed by atoms with E-state index in [1.54, 1.807) is 34.9 Å². The molecule has 0 N–H and O–H groups in total. The number of rotatable bonds is 9. The largest absolute Gasteiger partial charge is 0.457 e. The van der Waals surface area contributed by atoms with Crippen LogP contribution in [0, 0.1) is 13.7 Å². The van der Waals surface area contributed by atoms with Crippen LogP contribution in [0.5, 0.6) is 11.5 Å². The van der Waals surface area contributed by atoms with Gasteiger partial charge in [0, 0.05) is 59.7 Å². The van der Waals surface area contributed by atoms with E-state index < -0.39 is 25.8 Å². The van der Waals surface area contributed by atoms with Crippen LogP contribution in [0.1, 0.15) is 104 Å². The summed E-state index contributed by atoms with van der Waals surface area (Å²) in [6.07, 6.45) is 1.38. The van der Waals surface area contributed by atoms with Crippen LogP contribution in [0.4, 0.5) is 22.7 Å². The molecular formula is C74H70N4O. The topological polar surface area (TPSA) is 33.5 Å². The lowest BCUT2D eigenvalue weighted by Crippen LogP contribution is -2.26. The van der Waals surface area contributed by atoms with Gasteiger partial charge < -0.3 is 14.5 Å². The molecule has 1 aliphatic rings. The predicted octanol–water partition coefficient (Wildman–Crippen LogP) is 20.4. The van der Waals surface area contributed by atoms with Crippen LogP contribution in [0.15, 0.2) is 212 Å². The van der Waals surface area contributed by atoms with E-state index in [1.807, 2.05) is 18.2 Å². The molecule has 0 spiro atoms. The van der Waals surface area contributed by atoms with E-state index in [0.29, 0.717) is 34.6 Å². The molecular weight excluding hydrogens is 961 g/mol. The molecule has 5 nitrogen and oxygen atoms in total. The van der Waals surface area contributed by atoms with Crippen molar-refractivity contribution in [3.05, 3.63) is 240 Å². The first-order valence-corrected chi connectivity index (χ1v) is 27.0. The highest BCUT2D eigenvalue weighted by molar-refractivity contribution is 6.09. The van der Waals surface area contributed by atoms with Gasteiger partial charge in [-0.15, -0.1) is 0 Å². The number of hydrogen-bond donors (Lipinski definition) is 0. The van der Waals surface area contributed by atoms with Crippen LogP contribution < -0.4 is 14.5 Å². The summed E-state index contributed by atoms with van der Waals surface area (Å²) >= 11 is 0. The van der Waals surface area contributed by atoms with Crippen LogP contribution in [0.3, 0.4) is 0 Å². The summed E-state index contributed by atoms with van der Waals surface area (Å²) in [6.45, 7) is 15.9. The zero-order valence-electron chi connectivity index (χ0n) is 56.3. The monoisotopic (exact) mass is 1040 g/mol. The van der Waals surface area contributed by atoms with Crippen LogP contribution in [0.2, 0.25) is 0 Å². The second-order valence-corrected chi connectivity index (χ2v) is 23.8. The summed E-state index contributed by atoms with van der Waals surface area (Å²) in [4.78, 5) is 9.56. The molecule has 0 radical (unpaired) electrons. The van der Waals surface area contributed by atoms with Crippen molar-refractivity contribution in [3.63, 3.8) is 0 Å². The second-order valence-electron chi connectivity index (χ2n) is 23.8. The number of fused-ring (bicyclic) bond motifs is 4. The van der Waals surface area contributed by atoms with Gasteiger partial charge in [-0.2, -0.15) is 0 Å². The van der Waals surface area contributed by atoms with Gasteiger partial charge >= 0.3 is 0 Å². The van der Waals surface area contributed by atoms with E-state index in [9.17, 15) is 1.37 Å². The van der Waals surface area contributed by atoms with Gasteiger partial charge in [0.2, 0.25) is 0 Å². The zero-order chi connectivity index (χ0) is 63.4. The van der Waals surface area contributed by atoms with Gasteiger partial charge in [-0.05, 0) is 141 Å². The van der Waals surface area contributed by atoms with Crippen molar-refractivity contribution in [1.29, 1.82) is 0 Å². The Balaban J connectivity index is 0.998. The molecule has 0 unspecified atom stereocenters. The third-order valence-electron chi connectivity index (χ3n) is 15.3. The second kappa shape index (κ2) is 19.7. The van der Waals surface area contributed by atoms with Crippen LogP contribution >= 0.6 is 0 Å². The first-order valence-electron chi connectivity index (χ1n) is 32.0.